The van der Waals surface area contributed by atoms with Crippen LogP contribution in [0.25, 0.3) is 0 Å². The lowest BCUT2D eigenvalue weighted by atomic mass is 9.96. The second-order valence-corrected chi connectivity index (χ2v) is 5.48. The molecule has 0 radical (unpaired) electrons. The number of likely N-dealkylation sites (tertiary alicyclic amines) is 1. The molecule has 1 aromatic rings. The average molecular weight is 265 g/mol. The third-order valence-electron chi connectivity index (χ3n) is 4.07. The Kier molecular flexibility index (Phi) is 3.24. The molecule has 3 heterocycles. The lowest BCUT2D eigenvalue weighted by molar-refractivity contribution is 0.0245. The van der Waals surface area contributed by atoms with Gasteiger partial charge in [-0.05, 0) is 12.3 Å². The maximum Gasteiger partial charge on any atom is 0.276 e. The molecule has 2 unspecified atom stereocenters. The van der Waals surface area contributed by atoms with Crippen LogP contribution in [0.1, 0.15) is 29.9 Å². The van der Waals surface area contributed by atoms with Gasteiger partial charge in [0, 0.05) is 26.2 Å². The number of carbonyl (C=O) groups is 1. The van der Waals surface area contributed by atoms with E-state index in [0.29, 0.717) is 24.8 Å². The Hall–Kier alpha value is -1.47. The largest absolute Gasteiger partial charge is 0.391 e. The molecule has 1 amide bonds. The van der Waals surface area contributed by atoms with E-state index in [4.69, 9.17) is 0 Å². The zero-order chi connectivity index (χ0) is 13.4. The summed E-state index contributed by atoms with van der Waals surface area (Å²) in [5.41, 5.74) is 0.369. The van der Waals surface area contributed by atoms with Gasteiger partial charge in [-0.3, -0.25) is 4.79 Å². The van der Waals surface area contributed by atoms with Gasteiger partial charge in [0.15, 0.2) is 5.69 Å². The summed E-state index contributed by atoms with van der Waals surface area (Å²) in [7, 11) is 0. The Morgan fingerprint density at radius 3 is 2.95 bits per heavy atom. The highest BCUT2D eigenvalue weighted by Gasteiger charge is 2.30. The first kappa shape index (κ1) is 12.6. The molecule has 0 spiro atoms. The smallest absolute Gasteiger partial charge is 0.276 e. The molecule has 2 atom stereocenters. The molecule has 2 fully saturated rings. The van der Waals surface area contributed by atoms with Crippen molar-refractivity contribution in [3.63, 3.8) is 0 Å². The Balaban J connectivity index is 1.67. The summed E-state index contributed by atoms with van der Waals surface area (Å²) in [6, 6.07) is 0.306. The van der Waals surface area contributed by atoms with E-state index in [1.807, 2.05) is 6.92 Å². The standard InChI is InChI=1S/C12H19N5O2/c1-8-2-3-16(7-11(8)18)12(19)10-6-17(15-14-10)9-4-13-5-9/h6,8-9,11,13,18H,2-5,7H2,1H3. The van der Waals surface area contributed by atoms with Crippen LogP contribution in [0.4, 0.5) is 0 Å². The number of rotatable bonds is 2. The van der Waals surface area contributed by atoms with E-state index < -0.39 is 6.10 Å². The van der Waals surface area contributed by atoms with Gasteiger partial charge >= 0.3 is 0 Å². The van der Waals surface area contributed by atoms with E-state index in [-0.39, 0.29) is 11.8 Å². The van der Waals surface area contributed by atoms with Crippen LogP contribution in [0.5, 0.6) is 0 Å². The van der Waals surface area contributed by atoms with Crippen molar-refractivity contribution in [2.24, 2.45) is 5.92 Å². The van der Waals surface area contributed by atoms with Crippen LogP contribution in [-0.2, 0) is 0 Å². The molecule has 7 nitrogen and oxygen atoms in total. The van der Waals surface area contributed by atoms with Gasteiger partial charge in [0.05, 0.1) is 18.3 Å². The van der Waals surface area contributed by atoms with Crippen LogP contribution < -0.4 is 5.32 Å². The Labute approximate surface area is 111 Å². The number of β-amino-alcohol motifs (C(OH)–C–C–N with tert-alkyl or cyclic N) is 1. The number of nitrogens with zero attached hydrogens (tertiary/aromatic N) is 4. The predicted octanol–water partition coefficient (Wildman–Crippen LogP) is -0.735. The number of carbonyl (C=O) groups excluding carboxylic acids is 1. The lowest BCUT2D eigenvalue weighted by Crippen LogP contribution is -2.46. The van der Waals surface area contributed by atoms with Crippen LogP contribution in [0.15, 0.2) is 6.20 Å². The fourth-order valence-corrected chi connectivity index (χ4v) is 2.41. The van der Waals surface area contributed by atoms with Crippen molar-refractivity contribution in [1.29, 1.82) is 0 Å². The lowest BCUT2D eigenvalue weighted by Gasteiger charge is -2.33. The minimum Gasteiger partial charge on any atom is -0.391 e. The first-order valence-corrected chi connectivity index (χ1v) is 6.75. The molecular weight excluding hydrogens is 246 g/mol. The van der Waals surface area contributed by atoms with E-state index >= 15 is 0 Å². The van der Waals surface area contributed by atoms with Crippen LogP contribution in [-0.4, -0.2) is 63.2 Å². The number of piperidine rings is 1. The van der Waals surface area contributed by atoms with Gasteiger partial charge < -0.3 is 15.3 Å². The minimum atomic E-state index is -0.441. The molecule has 0 aromatic carbocycles. The normalized spacial score (nSPS) is 28.2. The van der Waals surface area contributed by atoms with E-state index in [1.54, 1.807) is 15.8 Å². The summed E-state index contributed by atoms with van der Waals surface area (Å²) < 4.78 is 1.74. The van der Waals surface area contributed by atoms with Crippen LogP contribution in [0.3, 0.4) is 0 Å². The predicted molar refractivity (Wildman–Crippen MR) is 67.6 cm³/mol. The molecule has 0 bridgehead atoms. The van der Waals surface area contributed by atoms with Crippen molar-refractivity contribution in [2.75, 3.05) is 26.2 Å². The first-order chi connectivity index (χ1) is 9.15. The highest BCUT2D eigenvalue weighted by Crippen LogP contribution is 2.19. The fraction of sp³-hybridized carbons (Fsp3) is 0.750. The number of aliphatic hydroxyl groups is 1. The molecule has 7 heteroatoms. The summed E-state index contributed by atoms with van der Waals surface area (Å²) in [5, 5.41) is 21.0. The molecule has 2 aliphatic heterocycles. The Bertz CT molecular complexity index is 470. The monoisotopic (exact) mass is 265 g/mol. The topological polar surface area (TPSA) is 83.3 Å². The second kappa shape index (κ2) is 4.90. The molecule has 2 saturated heterocycles. The van der Waals surface area contributed by atoms with Crippen molar-refractivity contribution in [3.05, 3.63) is 11.9 Å². The van der Waals surface area contributed by atoms with Gasteiger partial charge in [-0.2, -0.15) is 0 Å². The molecule has 2 N–H and O–H groups in total. The molecule has 104 valence electrons. The summed E-state index contributed by atoms with van der Waals surface area (Å²) >= 11 is 0. The van der Waals surface area contributed by atoms with Crippen molar-refractivity contribution < 1.29 is 9.90 Å². The third-order valence-corrected chi connectivity index (χ3v) is 4.07. The van der Waals surface area contributed by atoms with Crippen molar-refractivity contribution >= 4 is 5.91 Å². The highest BCUT2D eigenvalue weighted by atomic mass is 16.3. The van der Waals surface area contributed by atoms with Gasteiger partial charge in [0.2, 0.25) is 0 Å². The maximum atomic E-state index is 12.3. The number of aromatic nitrogens is 3. The van der Waals surface area contributed by atoms with Crippen LogP contribution >= 0.6 is 0 Å². The van der Waals surface area contributed by atoms with Crippen molar-refractivity contribution in [1.82, 2.24) is 25.2 Å². The summed E-state index contributed by atoms with van der Waals surface area (Å²) in [6.45, 7) is 4.81. The van der Waals surface area contributed by atoms with Gasteiger partial charge in [-0.15, -0.1) is 5.10 Å². The van der Waals surface area contributed by atoms with E-state index in [1.165, 1.54) is 0 Å². The highest BCUT2D eigenvalue weighted by molar-refractivity contribution is 5.92. The molecule has 1 aromatic heterocycles. The summed E-state index contributed by atoms with van der Waals surface area (Å²) in [4.78, 5) is 13.9. The van der Waals surface area contributed by atoms with Crippen molar-refractivity contribution in [2.45, 2.75) is 25.5 Å². The molecule has 2 aliphatic rings. The SMILES string of the molecule is CC1CCN(C(=O)c2cn(C3CNC3)nn2)CC1O. The van der Waals surface area contributed by atoms with Gasteiger partial charge in [0.25, 0.3) is 5.91 Å². The van der Waals surface area contributed by atoms with E-state index in [9.17, 15) is 9.90 Å². The number of hydrogen-bond acceptors (Lipinski definition) is 5. The average Bonchev–Trinajstić information content (AvgIpc) is 2.79. The van der Waals surface area contributed by atoms with Gasteiger partial charge in [-0.25, -0.2) is 4.68 Å². The van der Waals surface area contributed by atoms with Crippen LogP contribution in [0, 0.1) is 5.92 Å². The van der Waals surface area contributed by atoms with Crippen molar-refractivity contribution in [3.8, 4) is 0 Å². The first-order valence-electron chi connectivity index (χ1n) is 6.75. The van der Waals surface area contributed by atoms with Gasteiger partial charge in [0.1, 0.15) is 0 Å². The molecular formula is C12H19N5O2. The number of amides is 1. The maximum absolute atomic E-state index is 12.3. The summed E-state index contributed by atoms with van der Waals surface area (Å²) in [5.74, 6) is 0.116. The quantitative estimate of drug-likeness (QED) is 0.736. The van der Waals surface area contributed by atoms with Gasteiger partial charge in [-0.1, -0.05) is 12.1 Å². The zero-order valence-corrected chi connectivity index (χ0v) is 11.0. The number of hydrogen-bond donors (Lipinski definition) is 2. The molecule has 0 aliphatic carbocycles. The van der Waals surface area contributed by atoms with E-state index in [2.05, 4.69) is 15.6 Å². The third kappa shape index (κ3) is 2.35. The zero-order valence-electron chi connectivity index (χ0n) is 11.0. The minimum absolute atomic E-state index is 0.135. The van der Waals surface area contributed by atoms with E-state index in [0.717, 1.165) is 19.5 Å². The molecule has 3 rings (SSSR count). The molecule has 0 saturated carbocycles. The fourth-order valence-electron chi connectivity index (χ4n) is 2.41. The van der Waals surface area contributed by atoms with Crippen LogP contribution in [0.2, 0.25) is 0 Å². The second-order valence-electron chi connectivity index (χ2n) is 5.48. The Morgan fingerprint density at radius 1 is 1.53 bits per heavy atom. The summed E-state index contributed by atoms with van der Waals surface area (Å²) in [6.07, 6.45) is 2.09. The molecule has 19 heavy (non-hydrogen) atoms. The number of aliphatic hydroxyl groups excluding tert-OH is 1. The Morgan fingerprint density at radius 2 is 2.32 bits per heavy atom. The number of nitrogens with one attached hydrogen (secondary N) is 1.